The number of likely N-dealkylation sites (N-methyl/N-ethyl adjacent to an activating group) is 1. The molecular formula is C38H54F2N2O11. The van der Waals surface area contributed by atoms with Gasteiger partial charge in [0.15, 0.2) is 12.1 Å². The third kappa shape index (κ3) is 12.5. The highest BCUT2D eigenvalue weighted by Crippen LogP contribution is 2.34. The number of nitrogens with zero attached hydrogens (tertiary/aromatic N) is 1. The molecule has 13 nitrogen and oxygen atoms in total. The van der Waals surface area contributed by atoms with Crippen LogP contribution in [-0.2, 0) is 33.3 Å². The number of carbonyl (C=O) groups excluding carboxylic acids is 4. The van der Waals surface area contributed by atoms with Crippen molar-refractivity contribution < 1.29 is 62.2 Å². The molecule has 2 aliphatic rings. The second kappa shape index (κ2) is 20.2. The summed E-state index contributed by atoms with van der Waals surface area (Å²) in [4.78, 5) is 53.0. The monoisotopic (exact) mass is 752 g/mol. The zero-order valence-electron chi connectivity index (χ0n) is 31.3. The molecule has 53 heavy (non-hydrogen) atoms. The maximum absolute atomic E-state index is 13.6. The standard InChI is InChI=1S/C38H54F2N2O11/c1-8-31-25(19-50-38(49)41-28-16-26(39)15-27(40)17-28)13-20(2)9-10-29(44)21(3)14-24(11-12-43)36(22(4)30(45)18-32(46)52-31)53-37-35(48)33(42(6)7)34(47)23(5)51-37/h9-10,12-13,15-17,21-25,30-31,33-37,45,47-48H,8,11,14,18-19H2,1-7H3,(H,41,49)/b10-9+,20-13+/t21-,22+,23-,24+,25-,30-,31-,33+,34-,35-,36-,37+/m1/s1. The Hall–Kier alpha value is -3.60. The number of anilines is 1. The molecule has 3 rings (SSSR count). The van der Waals surface area contributed by atoms with Crippen molar-refractivity contribution >= 4 is 29.8 Å². The van der Waals surface area contributed by atoms with Crippen molar-refractivity contribution in [2.75, 3.05) is 26.0 Å². The van der Waals surface area contributed by atoms with Gasteiger partial charge in [-0.1, -0.05) is 38.5 Å². The van der Waals surface area contributed by atoms with Crippen molar-refractivity contribution in [2.45, 2.75) is 109 Å². The number of aldehydes is 1. The van der Waals surface area contributed by atoms with Crippen LogP contribution in [0.15, 0.2) is 42.0 Å². The Morgan fingerprint density at radius 3 is 2.32 bits per heavy atom. The predicted molar refractivity (Wildman–Crippen MR) is 189 cm³/mol. The van der Waals surface area contributed by atoms with Gasteiger partial charge >= 0.3 is 12.1 Å². The Morgan fingerprint density at radius 1 is 1.06 bits per heavy atom. The number of rotatable bonds is 9. The van der Waals surface area contributed by atoms with Gasteiger partial charge in [-0.05, 0) is 64.9 Å². The number of hydrogen-bond donors (Lipinski definition) is 4. The molecule has 1 saturated heterocycles. The number of ether oxygens (including phenoxy) is 4. The first-order valence-electron chi connectivity index (χ1n) is 17.9. The van der Waals surface area contributed by atoms with Crippen LogP contribution in [0.4, 0.5) is 19.3 Å². The van der Waals surface area contributed by atoms with E-state index in [9.17, 15) is 43.3 Å². The Labute approximate surface area is 309 Å². The number of aliphatic hydroxyl groups excluding tert-OH is 3. The Bertz CT molecular complexity index is 1450. The molecule has 12 atom stereocenters. The number of cyclic esters (lactones) is 1. The van der Waals surface area contributed by atoms with Gasteiger partial charge in [-0.15, -0.1) is 0 Å². The smallest absolute Gasteiger partial charge is 0.411 e. The summed E-state index contributed by atoms with van der Waals surface area (Å²) in [6, 6.07) is 1.71. The minimum Gasteiger partial charge on any atom is -0.462 e. The van der Waals surface area contributed by atoms with Crippen LogP contribution in [0.1, 0.15) is 60.3 Å². The summed E-state index contributed by atoms with van der Waals surface area (Å²) in [6.45, 7) is 8.07. The molecule has 0 radical (unpaired) electrons. The third-order valence-corrected chi connectivity index (χ3v) is 9.87. The largest absolute Gasteiger partial charge is 0.462 e. The van der Waals surface area contributed by atoms with Gasteiger partial charge in [0.05, 0.1) is 36.9 Å². The first-order chi connectivity index (χ1) is 24.9. The molecule has 0 bridgehead atoms. The fourth-order valence-corrected chi connectivity index (χ4v) is 6.87. The number of allylic oxidation sites excluding steroid dienone is 3. The van der Waals surface area contributed by atoms with Gasteiger partial charge in [0.1, 0.15) is 36.7 Å². The number of aliphatic hydroxyl groups is 3. The molecule has 2 heterocycles. The van der Waals surface area contributed by atoms with Crippen molar-refractivity contribution in [2.24, 2.45) is 23.7 Å². The van der Waals surface area contributed by atoms with Gasteiger partial charge in [-0.25, -0.2) is 13.6 Å². The molecule has 1 aromatic carbocycles. The average Bonchev–Trinajstić information content (AvgIpc) is 3.07. The van der Waals surface area contributed by atoms with Crippen LogP contribution < -0.4 is 5.32 Å². The molecule has 0 spiro atoms. The number of nitrogens with one attached hydrogen (secondary N) is 1. The second-order valence-electron chi connectivity index (χ2n) is 14.3. The molecular weight excluding hydrogens is 698 g/mol. The average molecular weight is 753 g/mol. The number of amides is 1. The SMILES string of the molecule is CC[C@H]1OC(=O)C[C@@H](O)[C@H](C)[C@@H](O[C@@H]2O[C@H](C)[C@@H](O)[C@H](N(C)C)[C@H]2O)[C@@H](CC=O)C[C@@H](C)C(=O)/C=C/C(C)=C/[C@@H]1COC(=O)Nc1cc(F)cc(F)c1. The zero-order valence-corrected chi connectivity index (χ0v) is 31.3. The van der Waals surface area contributed by atoms with E-state index in [2.05, 4.69) is 5.32 Å². The number of esters is 1. The third-order valence-electron chi connectivity index (χ3n) is 9.87. The van der Waals surface area contributed by atoms with Gasteiger partial charge in [0, 0.05) is 35.9 Å². The molecule has 4 N–H and O–H groups in total. The topological polar surface area (TPSA) is 181 Å². The minimum atomic E-state index is -1.38. The maximum atomic E-state index is 13.6. The summed E-state index contributed by atoms with van der Waals surface area (Å²) in [7, 11) is 3.38. The predicted octanol–water partition coefficient (Wildman–Crippen LogP) is 3.94. The van der Waals surface area contributed by atoms with E-state index < -0.39 is 103 Å². The van der Waals surface area contributed by atoms with Crippen molar-refractivity contribution in [3.05, 3.63) is 53.6 Å². The van der Waals surface area contributed by atoms with E-state index in [-0.39, 0.29) is 37.3 Å². The molecule has 1 amide bonds. The molecule has 15 heteroatoms. The van der Waals surface area contributed by atoms with E-state index in [0.717, 1.165) is 12.1 Å². The van der Waals surface area contributed by atoms with Crippen molar-refractivity contribution in [1.82, 2.24) is 4.90 Å². The zero-order chi connectivity index (χ0) is 39.6. The molecule has 0 saturated carbocycles. The molecule has 2 aliphatic heterocycles. The number of ketones is 1. The molecule has 0 aliphatic carbocycles. The summed E-state index contributed by atoms with van der Waals surface area (Å²) >= 11 is 0. The van der Waals surface area contributed by atoms with Gasteiger partial charge in [-0.2, -0.15) is 0 Å². The lowest BCUT2D eigenvalue weighted by Crippen LogP contribution is -2.63. The quantitative estimate of drug-likeness (QED) is 0.211. The van der Waals surface area contributed by atoms with Crippen LogP contribution in [-0.4, -0.2) is 114 Å². The van der Waals surface area contributed by atoms with Gasteiger partial charge in [0.2, 0.25) is 0 Å². The lowest BCUT2D eigenvalue weighted by molar-refractivity contribution is -0.304. The van der Waals surface area contributed by atoms with Crippen LogP contribution >= 0.6 is 0 Å². The van der Waals surface area contributed by atoms with E-state index in [1.54, 1.807) is 65.8 Å². The summed E-state index contributed by atoms with van der Waals surface area (Å²) in [5, 5.41) is 35.7. The first-order valence-corrected chi connectivity index (χ1v) is 17.9. The van der Waals surface area contributed by atoms with Gasteiger partial charge < -0.3 is 44.0 Å². The maximum Gasteiger partial charge on any atom is 0.411 e. The minimum absolute atomic E-state index is 0.0636. The van der Waals surface area contributed by atoms with Gasteiger partial charge in [0.25, 0.3) is 0 Å². The lowest BCUT2D eigenvalue weighted by atomic mass is 9.79. The summed E-state index contributed by atoms with van der Waals surface area (Å²) in [6.07, 6.45) is -3.53. The summed E-state index contributed by atoms with van der Waals surface area (Å²) in [5.74, 6) is -5.70. The van der Waals surface area contributed by atoms with E-state index >= 15 is 0 Å². The molecule has 1 aromatic rings. The van der Waals surface area contributed by atoms with Crippen LogP contribution in [0, 0.1) is 35.3 Å². The number of hydrogen-bond acceptors (Lipinski definition) is 12. The Balaban J connectivity index is 1.93. The van der Waals surface area contributed by atoms with Crippen molar-refractivity contribution in [3.63, 3.8) is 0 Å². The first kappa shape index (κ1) is 43.8. The van der Waals surface area contributed by atoms with Crippen LogP contribution in [0.25, 0.3) is 0 Å². The van der Waals surface area contributed by atoms with Gasteiger partial charge in [-0.3, -0.25) is 14.9 Å². The molecule has 1 fully saturated rings. The Morgan fingerprint density at radius 2 is 1.72 bits per heavy atom. The highest BCUT2D eigenvalue weighted by Gasteiger charge is 2.47. The fourth-order valence-electron chi connectivity index (χ4n) is 6.87. The summed E-state index contributed by atoms with van der Waals surface area (Å²) in [5.41, 5.74) is 0.407. The Kier molecular flexibility index (Phi) is 16.7. The normalized spacial score (nSPS) is 35.2. The van der Waals surface area contributed by atoms with E-state index in [4.69, 9.17) is 18.9 Å². The summed E-state index contributed by atoms with van der Waals surface area (Å²) < 4.78 is 50.7. The van der Waals surface area contributed by atoms with Crippen LogP contribution in [0.5, 0.6) is 0 Å². The number of carbonyl (C=O) groups is 4. The highest BCUT2D eigenvalue weighted by molar-refractivity contribution is 5.91. The lowest BCUT2D eigenvalue weighted by Gasteiger charge is -2.46. The van der Waals surface area contributed by atoms with E-state index in [1.807, 2.05) is 0 Å². The molecule has 0 unspecified atom stereocenters. The number of benzene rings is 1. The fraction of sp³-hybridized carbons (Fsp3) is 0.632. The van der Waals surface area contributed by atoms with E-state index in [1.165, 1.54) is 6.08 Å². The van der Waals surface area contributed by atoms with Crippen LogP contribution in [0.2, 0.25) is 0 Å². The van der Waals surface area contributed by atoms with Crippen molar-refractivity contribution in [3.8, 4) is 0 Å². The van der Waals surface area contributed by atoms with E-state index in [0.29, 0.717) is 17.9 Å². The molecule has 0 aromatic heterocycles. The van der Waals surface area contributed by atoms with Crippen molar-refractivity contribution in [1.29, 1.82) is 0 Å². The second-order valence-corrected chi connectivity index (χ2v) is 14.3. The number of halogens is 2. The van der Waals surface area contributed by atoms with Crippen LogP contribution in [0.3, 0.4) is 0 Å². The molecule has 296 valence electrons. The highest BCUT2D eigenvalue weighted by atomic mass is 19.1.